The van der Waals surface area contributed by atoms with E-state index in [1.54, 1.807) is 33.0 Å². The summed E-state index contributed by atoms with van der Waals surface area (Å²) in [6, 6.07) is 6.64. The largest absolute Gasteiger partial charge is 0.778 e. The Morgan fingerprint density at radius 1 is 0.793 bits per heavy atom. The van der Waals surface area contributed by atoms with Crippen molar-refractivity contribution in [2.24, 2.45) is 5.92 Å². The van der Waals surface area contributed by atoms with Crippen LogP contribution in [0.5, 0.6) is 0 Å². The van der Waals surface area contributed by atoms with Gasteiger partial charge in [-0.3, -0.25) is 24.1 Å². The number of benzene rings is 1. The number of amides is 3. The molecule has 2 atom stereocenters. The first kappa shape index (κ1) is 53.2. The van der Waals surface area contributed by atoms with Crippen molar-refractivity contribution in [2.45, 2.75) is 104 Å². The minimum absolute atomic E-state index is 0. The third kappa shape index (κ3) is 22.5. The van der Waals surface area contributed by atoms with Gasteiger partial charge in [-0.25, -0.2) is 0 Å². The summed E-state index contributed by atoms with van der Waals surface area (Å²) in [7, 11) is -0.757. The Bertz CT molecular complexity index is 1310. The molecule has 1 aromatic carbocycles. The van der Waals surface area contributed by atoms with Crippen LogP contribution in [0.15, 0.2) is 24.3 Å². The van der Waals surface area contributed by atoms with Crippen LogP contribution in [0, 0.1) is 5.92 Å². The third-order valence-corrected chi connectivity index (χ3v) is 11.3. The molecule has 1 aromatic rings. The first-order valence-corrected chi connectivity index (χ1v) is 21.9. The van der Waals surface area contributed by atoms with Gasteiger partial charge in [0.15, 0.2) is 0 Å². The van der Waals surface area contributed by atoms with Gasteiger partial charge in [0, 0.05) is 65.1 Å². The number of ether oxygens (including phenoxy) is 5. The lowest BCUT2D eigenvalue weighted by molar-refractivity contribution is -0.205. The summed E-state index contributed by atoms with van der Waals surface area (Å²) in [5, 5.41) is 8.75. The van der Waals surface area contributed by atoms with E-state index in [1.807, 2.05) is 31.2 Å². The average Bonchev–Trinajstić information content (AvgIpc) is 3.18. The number of nitrogens with zero attached hydrogens (tertiary/aromatic N) is 1. The molecule has 16 nitrogen and oxygen atoms in total. The number of hydrogen-bond acceptors (Lipinski definition) is 13. The second-order valence-electron chi connectivity index (χ2n) is 14.5. The fraction of sp³-hybridized carbons (Fsp3) is 0.756. The zero-order valence-electron chi connectivity index (χ0n) is 34.8. The number of carbonyl (C=O) groups excluding carboxylic acids is 4. The topological polar surface area (TPSA) is 203 Å². The van der Waals surface area contributed by atoms with Crippen LogP contribution < -0.4 is 20.8 Å². The number of ketones is 1. The van der Waals surface area contributed by atoms with E-state index in [-0.39, 0.29) is 82.5 Å². The highest BCUT2D eigenvalue weighted by molar-refractivity contribution is 7.52. The van der Waals surface area contributed by atoms with Gasteiger partial charge in [0.25, 0.3) is 0 Å². The molecule has 1 aliphatic rings. The molecule has 1 saturated carbocycles. The number of rotatable bonds is 32. The number of methoxy groups -OCH3 is 2. The van der Waals surface area contributed by atoms with E-state index in [4.69, 9.17) is 28.2 Å². The van der Waals surface area contributed by atoms with Crippen LogP contribution in [0.3, 0.4) is 0 Å². The van der Waals surface area contributed by atoms with Crippen LogP contribution in [-0.2, 0) is 64.9 Å². The van der Waals surface area contributed by atoms with Crippen molar-refractivity contribution in [1.29, 1.82) is 0 Å². The van der Waals surface area contributed by atoms with Gasteiger partial charge in [-0.1, -0.05) is 52.5 Å². The highest BCUT2D eigenvalue weighted by atomic mass is 31.2. The second-order valence-corrected chi connectivity index (χ2v) is 16.8. The summed E-state index contributed by atoms with van der Waals surface area (Å²) < 4.78 is 44.1. The Kier molecular flexibility index (Phi) is 28.6. The van der Waals surface area contributed by atoms with Crippen molar-refractivity contribution in [1.82, 2.24) is 20.9 Å². The van der Waals surface area contributed by atoms with Gasteiger partial charge in [0.2, 0.25) is 17.7 Å². The molecular weight excluding hydrogens is 771 g/mol. The first-order chi connectivity index (χ1) is 27.4. The van der Waals surface area contributed by atoms with Crippen LogP contribution in [0.4, 0.5) is 0 Å². The van der Waals surface area contributed by atoms with Crippen LogP contribution in [-0.4, -0.2) is 139 Å². The Morgan fingerprint density at radius 3 is 1.98 bits per heavy atom. The van der Waals surface area contributed by atoms with Crippen LogP contribution in [0.25, 0.3) is 0 Å². The van der Waals surface area contributed by atoms with Crippen molar-refractivity contribution < 1.29 is 56.8 Å². The monoisotopic (exact) mass is 843 g/mol. The van der Waals surface area contributed by atoms with E-state index >= 15 is 0 Å². The molecule has 1 unspecified atom stereocenters. The number of nitrogens with one attached hydrogen (secondary N) is 3. The van der Waals surface area contributed by atoms with E-state index in [1.165, 1.54) is 0 Å². The van der Waals surface area contributed by atoms with Gasteiger partial charge in [0.05, 0.1) is 64.9 Å². The number of hydrogen-bond donors (Lipinski definition) is 3. The Morgan fingerprint density at radius 2 is 1.38 bits per heavy atom. The third-order valence-electron chi connectivity index (χ3n) is 9.43. The minimum atomic E-state index is -3.92. The molecule has 334 valence electrons. The quantitative estimate of drug-likeness (QED) is 0.0707. The zero-order chi connectivity index (χ0) is 41.9. The summed E-state index contributed by atoms with van der Waals surface area (Å²) in [5.74, 6) is -1.12. The molecule has 0 spiro atoms. The summed E-state index contributed by atoms with van der Waals surface area (Å²) in [4.78, 5) is 67.1. The van der Waals surface area contributed by atoms with Gasteiger partial charge >= 0.3 is 0 Å². The maximum absolute atomic E-state index is 13.8. The second kappa shape index (κ2) is 31.1. The van der Waals surface area contributed by atoms with Gasteiger partial charge in [-0.2, -0.15) is 0 Å². The summed E-state index contributed by atoms with van der Waals surface area (Å²) in [5.41, 5.74) is 1.07. The van der Waals surface area contributed by atoms with Gasteiger partial charge in [-0.05, 0) is 56.1 Å². The van der Waals surface area contributed by atoms with Crippen molar-refractivity contribution >= 4 is 31.1 Å². The fourth-order valence-corrected chi connectivity index (χ4v) is 6.92. The standard InChI is InChI=1S/C40H69N4O12P.CH4/c1-6-19-53-22-18-42-40(48)37(44(29-35(45)8-7-20-54-25-23-51-4)30-38(46)41-17-21-55-26-24-52-5)27-32-9-11-33(12-10-32)28-43-39(47)34-13-15-36(16-14-34)56-57(49,50)31(2)3;/h9-12,31,34,36-37H,6-8,13-30H2,1-5H3,(H,41,46)(H,42,48)(H,43,47)(H,49,50);1H4/p-1/t34?,36?,37-;/m0./s1. The Hall–Kier alpha value is -2.79. The number of carbonyl (C=O) groups is 4. The highest BCUT2D eigenvalue weighted by Gasteiger charge is 2.31. The average molecular weight is 844 g/mol. The SMILES string of the molecule is C.CCCOCCNC(=O)[C@H](Cc1ccc(CNC(=O)C2CCC(OP(=O)([O-])C(C)C)CC2)cc1)N(CC(=O)CCCOCCOC)CC(=O)NCCOCCOC. The van der Waals surface area contributed by atoms with E-state index in [9.17, 15) is 28.6 Å². The van der Waals surface area contributed by atoms with Crippen molar-refractivity contribution in [3.63, 3.8) is 0 Å². The zero-order valence-corrected chi connectivity index (χ0v) is 35.7. The highest BCUT2D eigenvalue weighted by Crippen LogP contribution is 2.46. The van der Waals surface area contributed by atoms with Gasteiger partial charge in [-0.15, -0.1) is 0 Å². The van der Waals surface area contributed by atoms with Crippen LogP contribution in [0.2, 0.25) is 0 Å². The maximum Gasteiger partial charge on any atom is 0.237 e. The van der Waals surface area contributed by atoms with Crippen LogP contribution >= 0.6 is 7.60 Å². The Labute approximate surface area is 346 Å². The molecule has 0 radical (unpaired) electrons. The van der Waals surface area contributed by atoms with E-state index in [0.717, 1.165) is 17.5 Å². The molecule has 1 aliphatic carbocycles. The molecule has 0 heterocycles. The van der Waals surface area contributed by atoms with Crippen molar-refractivity contribution in [3.8, 4) is 0 Å². The molecule has 2 rings (SSSR count). The molecule has 3 amide bonds. The van der Waals surface area contributed by atoms with Gasteiger partial charge in [0.1, 0.15) is 13.4 Å². The molecule has 0 aromatic heterocycles. The predicted molar refractivity (Wildman–Crippen MR) is 220 cm³/mol. The molecular formula is C41H72N4O12P-. The van der Waals surface area contributed by atoms with E-state index in [0.29, 0.717) is 84.9 Å². The van der Waals surface area contributed by atoms with Crippen LogP contribution in [0.1, 0.15) is 84.3 Å². The molecule has 58 heavy (non-hydrogen) atoms. The summed E-state index contributed by atoms with van der Waals surface area (Å²) >= 11 is 0. The molecule has 0 aliphatic heterocycles. The van der Waals surface area contributed by atoms with Gasteiger partial charge < -0.3 is 53.6 Å². The molecule has 3 N–H and O–H groups in total. The lowest BCUT2D eigenvalue weighted by atomic mass is 9.87. The summed E-state index contributed by atoms with van der Waals surface area (Å²) in [6.45, 7) is 8.97. The Balaban J connectivity index is 0.0000168. The van der Waals surface area contributed by atoms with E-state index in [2.05, 4.69) is 16.0 Å². The predicted octanol–water partition coefficient (Wildman–Crippen LogP) is 3.02. The lowest BCUT2D eigenvalue weighted by Gasteiger charge is -2.35. The van der Waals surface area contributed by atoms with Crippen molar-refractivity contribution in [3.05, 3.63) is 35.4 Å². The lowest BCUT2D eigenvalue weighted by Crippen LogP contribution is -2.53. The maximum atomic E-state index is 13.8. The smallest absolute Gasteiger partial charge is 0.237 e. The molecule has 0 saturated heterocycles. The molecule has 1 fully saturated rings. The van der Waals surface area contributed by atoms with E-state index < -0.39 is 25.4 Å². The fourth-order valence-electron chi connectivity index (χ4n) is 6.05. The first-order valence-electron chi connectivity index (χ1n) is 20.3. The minimum Gasteiger partial charge on any atom is -0.778 e. The molecule has 0 bridgehead atoms. The molecule has 17 heteroatoms. The number of Topliss-reactive ketones (excluding diaryl/α,β-unsaturated/α-hetero) is 1. The summed E-state index contributed by atoms with van der Waals surface area (Å²) in [6.07, 6.45) is 3.47. The van der Waals surface area contributed by atoms with Crippen molar-refractivity contribution in [2.75, 3.05) is 93.3 Å². The normalized spacial score (nSPS) is 17.0.